The Kier molecular flexibility index (Phi) is 3.95. The highest BCUT2D eigenvalue weighted by Gasteiger charge is 2.32. The van der Waals surface area contributed by atoms with Crippen LogP contribution >= 0.6 is 23.2 Å². The first-order valence-electron chi connectivity index (χ1n) is 5.35. The van der Waals surface area contributed by atoms with E-state index in [0.717, 1.165) is 12.2 Å². The van der Waals surface area contributed by atoms with Crippen LogP contribution in [0.4, 0.5) is 0 Å². The van der Waals surface area contributed by atoms with Gasteiger partial charge in [0.1, 0.15) is 5.75 Å². The molecule has 1 aliphatic rings. The molecule has 0 bridgehead atoms. The number of rotatable bonds is 3. The topological polar surface area (TPSA) is 29.5 Å². The minimum atomic E-state index is -0.338. The monoisotopic (exact) mass is 260 g/mol. The van der Waals surface area contributed by atoms with Gasteiger partial charge in [0.25, 0.3) is 0 Å². The average Bonchev–Trinajstić information content (AvgIpc) is 2.57. The van der Waals surface area contributed by atoms with Crippen molar-refractivity contribution in [3.63, 3.8) is 0 Å². The van der Waals surface area contributed by atoms with Gasteiger partial charge in [0.05, 0.1) is 12.7 Å². The first-order valence-corrected chi connectivity index (χ1v) is 6.17. The molecule has 0 amide bonds. The summed E-state index contributed by atoms with van der Waals surface area (Å²) >= 11 is 11.7. The lowest BCUT2D eigenvalue weighted by Crippen LogP contribution is -2.20. The number of halogens is 2. The van der Waals surface area contributed by atoms with E-state index in [1.807, 2.05) is 12.1 Å². The second kappa shape index (κ2) is 5.26. The molecular formula is C12H14Cl2O2. The molecule has 4 heteroatoms. The SMILES string of the molecule is O[C@@H]1C[C@@H](Cl)C[C@H]1COc1ccc(Cl)cc1. The maximum absolute atomic E-state index is 9.70. The maximum atomic E-state index is 9.70. The molecule has 0 saturated heterocycles. The van der Waals surface area contributed by atoms with Gasteiger partial charge in [-0.05, 0) is 37.1 Å². The fraction of sp³-hybridized carbons (Fsp3) is 0.500. The highest BCUT2D eigenvalue weighted by Crippen LogP contribution is 2.30. The summed E-state index contributed by atoms with van der Waals surface area (Å²) in [5.41, 5.74) is 0. The number of hydrogen-bond acceptors (Lipinski definition) is 2. The van der Waals surface area contributed by atoms with Crippen molar-refractivity contribution in [3.05, 3.63) is 29.3 Å². The molecule has 2 rings (SSSR count). The molecule has 0 aromatic heterocycles. The summed E-state index contributed by atoms with van der Waals surface area (Å²) in [6, 6.07) is 7.21. The van der Waals surface area contributed by atoms with Gasteiger partial charge in [-0.1, -0.05) is 11.6 Å². The molecule has 0 heterocycles. The molecule has 0 unspecified atom stereocenters. The maximum Gasteiger partial charge on any atom is 0.119 e. The lowest BCUT2D eigenvalue weighted by atomic mass is 10.1. The molecule has 88 valence electrons. The lowest BCUT2D eigenvalue weighted by molar-refractivity contribution is 0.0986. The first kappa shape index (κ1) is 12.0. The van der Waals surface area contributed by atoms with Crippen LogP contribution in [-0.4, -0.2) is 23.2 Å². The fourth-order valence-corrected chi connectivity index (χ4v) is 2.49. The van der Waals surface area contributed by atoms with Gasteiger partial charge in [-0.2, -0.15) is 0 Å². The number of hydrogen-bond donors (Lipinski definition) is 1. The summed E-state index contributed by atoms with van der Waals surface area (Å²) < 4.78 is 5.59. The number of aliphatic hydroxyl groups is 1. The molecule has 1 fully saturated rings. The second-order valence-corrected chi connectivity index (χ2v) is 5.21. The lowest BCUT2D eigenvalue weighted by Gasteiger charge is -2.15. The normalized spacial score (nSPS) is 29.3. The Morgan fingerprint density at radius 3 is 2.50 bits per heavy atom. The van der Waals surface area contributed by atoms with Gasteiger partial charge in [-0.15, -0.1) is 11.6 Å². The molecule has 1 saturated carbocycles. The van der Waals surface area contributed by atoms with Gasteiger partial charge in [-0.25, -0.2) is 0 Å². The zero-order valence-corrected chi connectivity index (χ0v) is 10.3. The van der Waals surface area contributed by atoms with E-state index >= 15 is 0 Å². The van der Waals surface area contributed by atoms with E-state index in [1.165, 1.54) is 0 Å². The molecule has 3 atom stereocenters. The van der Waals surface area contributed by atoms with Crippen LogP contribution in [0.2, 0.25) is 5.02 Å². The molecule has 0 spiro atoms. The predicted octanol–water partition coefficient (Wildman–Crippen LogP) is 3.10. The van der Waals surface area contributed by atoms with E-state index in [9.17, 15) is 5.11 Å². The van der Waals surface area contributed by atoms with Crippen LogP contribution in [0.15, 0.2) is 24.3 Å². The van der Waals surface area contributed by atoms with Crippen molar-refractivity contribution in [2.45, 2.75) is 24.3 Å². The Morgan fingerprint density at radius 2 is 1.94 bits per heavy atom. The Bertz CT molecular complexity index is 339. The van der Waals surface area contributed by atoms with Gasteiger partial charge in [0.15, 0.2) is 0 Å². The number of benzene rings is 1. The van der Waals surface area contributed by atoms with Gasteiger partial charge in [-0.3, -0.25) is 0 Å². The summed E-state index contributed by atoms with van der Waals surface area (Å²) in [5.74, 6) is 0.910. The largest absolute Gasteiger partial charge is 0.493 e. The molecule has 1 aromatic carbocycles. The van der Waals surface area contributed by atoms with E-state index in [2.05, 4.69) is 0 Å². The third kappa shape index (κ3) is 3.03. The molecular weight excluding hydrogens is 247 g/mol. The summed E-state index contributed by atoms with van der Waals surface area (Å²) in [7, 11) is 0. The summed E-state index contributed by atoms with van der Waals surface area (Å²) in [6.45, 7) is 0.506. The zero-order chi connectivity index (χ0) is 11.5. The molecule has 1 aliphatic carbocycles. The third-order valence-electron chi connectivity index (χ3n) is 2.88. The predicted molar refractivity (Wildman–Crippen MR) is 65.3 cm³/mol. The second-order valence-electron chi connectivity index (χ2n) is 4.16. The van der Waals surface area contributed by atoms with Crippen LogP contribution in [-0.2, 0) is 0 Å². The van der Waals surface area contributed by atoms with E-state index in [-0.39, 0.29) is 17.4 Å². The highest BCUT2D eigenvalue weighted by atomic mass is 35.5. The molecule has 0 radical (unpaired) electrons. The highest BCUT2D eigenvalue weighted by molar-refractivity contribution is 6.30. The van der Waals surface area contributed by atoms with Crippen molar-refractivity contribution in [3.8, 4) is 5.75 Å². The molecule has 1 aromatic rings. The molecule has 1 N–H and O–H groups in total. The Labute approximate surface area is 105 Å². The number of aliphatic hydroxyl groups excluding tert-OH is 1. The molecule has 16 heavy (non-hydrogen) atoms. The van der Waals surface area contributed by atoms with Gasteiger partial charge < -0.3 is 9.84 Å². The quantitative estimate of drug-likeness (QED) is 0.847. The van der Waals surface area contributed by atoms with Gasteiger partial charge in [0, 0.05) is 16.3 Å². The molecule has 0 aliphatic heterocycles. The Hall–Kier alpha value is -0.440. The third-order valence-corrected chi connectivity index (χ3v) is 3.49. The van der Waals surface area contributed by atoms with Gasteiger partial charge >= 0.3 is 0 Å². The van der Waals surface area contributed by atoms with Crippen LogP contribution in [0.25, 0.3) is 0 Å². The number of ether oxygens (including phenoxy) is 1. The van der Waals surface area contributed by atoms with Crippen LogP contribution in [0.5, 0.6) is 5.75 Å². The fourth-order valence-electron chi connectivity index (χ4n) is 1.95. The number of alkyl halides is 1. The smallest absolute Gasteiger partial charge is 0.119 e. The van der Waals surface area contributed by atoms with Crippen LogP contribution in [0, 0.1) is 5.92 Å². The van der Waals surface area contributed by atoms with Crippen molar-refractivity contribution in [1.82, 2.24) is 0 Å². The standard InChI is InChI=1S/C12H14Cl2O2/c13-9-1-3-11(4-2-9)16-7-8-5-10(14)6-12(8)15/h1-4,8,10,12,15H,5-7H2/t8-,10-,12+/m0/s1. The van der Waals surface area contributed by atoms with E-state index in [4.69, 9.17) is 27.9 Å². The van der Waals surface area contributed by atoms with Crippen LogP contribution < -0.4 is 4.74 Å². The zero-order valence-electron chi connectivity index (χ0n) is 8.77. The molecule has 2 nitrogen and oxygen atoms in total. The van der Waals surface area contributed by atoms with Crippen molar-refractivity contribution in [1.29, 1.82) is 0 Å². The van der Waals surface area contributed by atoms with E-state index in [0.29, 0.717) is 18.1 Å². The Morgan fingerprint density at radius 1 is 1.25 bits per heavy atom. The van der Waals surface area contributed by atoms with Gasteiger partial charge in [0.2, 0.25) is 0 Å². The van der Waals surface area contributed by atoms with Crippen LogP contribution in [0.1, 0.15) is 12.8 Å². The van der Waals surface area contributed by atoms with E-state index in [1.54, 1.807) is 12.1 Å². The van der Waals surface area contributed by atoms with Crippen molar-refractivity contribution < 1.29 is 9.84 Å². The van der Waals surface area contributed by atoms with Crippen molar-refractivity contribution >= 4 is 23.2 Å². The minimum Gasteiger partial charge on any atom is -0.493 e. The van der Waals surface area contributed by atoms with Crippen molar-refractivity contribution in [2.24, 2.45) is 5.92 Å². The van der Waals surface area contributed by atoms with Crippen LogP contribution in [0.3, 0.4) is 0 Å². The summed E-state index contributed by atoms with van der Waals surface area (Å²) in [5, 5.41) is 10.5. The summed E-state index contributed by atoms with van der Waals surface area (Å²) in [4.78, 5) is 0. The average molecular weight is 261 g/mol. The minimum absolute atomic E-state index is 0.0776. The first-order chi connectivity index (χ1) is 7.65. The summed E-state index contributed by atoms with van der Waals surface area (Å²) in [6.07, 6.45) is 1.14. The van der Waals surface area contributed by atoms with E-state index < -0.39 is 0 Å². The van der Waals surface area contributed by atoms with Crippen molar-refractivity contribution in [2.75, 3.05) is 6.61 Å². The Balaban J connectivity index is 1.85.